The molecule has 1 atom stereocenters. The minimum Gasteiger partial charge on any atom is -0.480 e. The number of nitrogens with zero attached hydrogens (tertiary/aromatic N) is 2. The summed E-state index contributed by atoms with van der Waals surface area (Å²) in [5.41, 5.74) is 11.0. The van der Waals surface area contributed by atoms with Gasteiger partial charge in [-0.1, -0.05) is 91.3 Å². The van der Waals surface area contributed by atoms with E-state index in [0.29, 0.717) is 31.5 Å². The molecule has 7 heteroatoms. The molecule has 6 rings (SSSR count). The van der Waals surface area contributed by atoms with Crippen LogP contribution in [0.3, 0.4) is 0 Å². The summed E-state index contributed by atoms with van der Waals surface area (Å²) in [6.07, 6.45) is 2.50. The van der Waals surface area contributed by atoms with E-state index in [1.165, 1.54) is 0 Å². The topological polar surface area (TPSA) is 104 Å². The molecule has 4 aromatic carbocycles. The number of carbonyl (C=O) groups is 3. The monoisotopic (exact) mass is 587 g/mol. The Balaban J connectivity index is 1.17. The maximum Gasteiger partial charge on any atom is 0.318 e. The Morgan fingerprint density at radius 2 is 1.39 bits per heavy atom. The fraction of sp³-hybridized carbons (Fsp3) is 0.270. The second kappa shape index (κ2) is 12.5. The van der Waals surface area contributed by atoms with E-state index in [0.717, 1.165) is 71.4 Å². The third kappa shape index (κ3) is 5.51. The number of hydrogen-bond donors (Lipinski definition) is 2. The van der Waals surface area contributed by atoms with Crippen molar-refractivity contribution in [2.75, 3.05) is 32.7 Å². The zero-order valence-electron chi connectivity index (χ0n) is 24.7. The first-order valence-electron chi connectivity index (χ1n) is 15.3. The zero-order valence-corrected chi connectivity index (χ0v) is 24.7. The number of nitrogens with two attached hydrogens (primary N) is 1. The van der Waals surface area contributed by atoms with E-state index in [4.69, 9.17) is 5.73 Å². The van der Waals surface area contributed by atoms with Crippen LogP contribution in [0.15, 0.2) is 97.1 Å². The van der Waals surface area contributed by atoms with Crippen LogP contribution in [0.2, 0.25) is 0 Å². The van der Waals surface area contributed by atoms with Crippen molar-refractivity contribution in [2.45, 2.75) is 31.1 Å². The molecule has 2 aliphatic rings. The van der Waals surface area contributed by atoms with Crippen molar-refractivity contribution in [2.24, 2.45) is 5.73 Å². The maximum atomic E-state index is 13.4. The molecule has 1 heterocycles. The summed E-state index contributed by atoms with van der Waals surface area (Å²) in [6, 6.07) is 30.7. The van der Waals surface area contributed by atoms with Crippen LogP contribution < -0.4 is 5.73 Å². The van der Waals surface area contributed by atoms with Gasteiger partial charge in [0.25, 0.3) is 0 Å². The summed E-state index contributed by atoms with van der Waals surface area (Å²) in [5.74, 6) is -1.18. The number of primary amides is 1. The fourth-order valence-corrected chi connectivity index (χ4v) is 6.93. The summed E-state index contributed by atoms with van der Waals surface area (Å²) < 4.78 is 0. The highest BCUT2D eigenvalue weighted by Gasteiger charge is 2.50. The molecule has 3 N–H and O–H groups in total. The fourth-order valence-electron chi connectivity index (χ4n) is 6.93. The molecule has 0 radical (unpaired) electrons. The lowest BCUT2D eigenvalue weighted by Gasteiger charge is -2.35. The van der Waals surface area contributed by atoms with Gasteiger partial charge in [0, 0.05) is 31.7 Å². The number of amides is 2. The molecule has 2 amide bonds. The molecular weight excluding hydrogens is 550 g/mol. The average molecular weight is 588 g/mol. The van der Waals surface area contributed by atoms with Crippen LogP contribution in [0, 0.1) is 0 Å². The van der Waals surface area contributed by atoms with Gasteiger partial charge in [-0.2, -0.15) is 0 Å². The molecule has 224 valence electrons. The predicted molar refractivity (Wildman–Crippen MR) is 171 cm³/mol. The van der Waals surface area contributed by atoms with Crippen molar-refractivity contribution in [3.63, 3.8) is 0 Å². The lowest BCUT2D eigenvalue weighted by molar-refractivity contribution is -0.142. The van der Waals surface area contributed by atoms with Crippen molar-refractivity contribution in [1.29, 1.82) is 0 Å². The lowest BCUT2D eigenvalue weighted by Crippen LogP contribution is -2.49. The van der Waals surface area contributed by atoms with Crippen molar-refractivity contribution >= 4 is 17.8 Å². The van der Waals surface area contributed by atoms with Crippen molar-refractivity contribution < 1.29 is 19.5 Å². The zero-order chi connectivity index (χ0) is 30.7. The van der Waals surface area contributed by atoms with E-state index in [1.54, 1.807) is 12.1 Å². The van der Waals surface area contributed by atoms with Gasteiger partial charge in [0.15, 0.2) is 0 Å². The van der Waals surface area contributed by atoms with Crippen LogP contribution in [0.25, 0.3) is 22.3 Å². The summed E-state index contributed by atoms with van der Waals surface area (Å²) in [7, 11) is 0. The number of hydrogen-bond acceptors (Lipinski definition) is 4. The molecule has 0 spiro atoms. The largest absolute Gasteiger partial charge is 0.480 e. The van der Waals surface area contributed by atoms with Gasteiger partial charge in [0.1, 0.15) is 5.41 Å². The first-order valence-corrected chi connectivity index (χ1v) is 15.3. The standard InChI is InChI=1S/C37H37N3O4/c38-35(42)28-17-15-27(16-18-28)29-12-8-13-31-30-11-4-5-14-32(30)37(34(29)31,36(43)44)19-6-7-20-39-21-23-40(24-22-39)33(41)25-26-9-2-1-3-10-26/h1-5,8-18H,6-7,19-25H2,(H2,38,42)(H,43,44). The lowest BCUT2D eigenvalue weighted by atomic mass is 9.72. The van der Waals surface area contributed by atoms with Crippen LogP contribution >= 0.6 is 0 Å². The molecule has 1 saturated heterocycles. The number of rotatable bonds is 10. The Morgan fingerprint density at radius 1 is 0.727 bits per heavy atom. The number of aliphatic carboxylic acids is 1. The molecule has 4 aromatic rings. The third-order valence-electron chi connectivity index (χ3n) is 9.21. The Bertz CT molecular complexity index is 1680. The van der Waals surface area contributed by atoms with Gasteiger partial charge in [0.05, 0.1) is 6.42 Å². The summed E-state index contributed by atoms with van der Waals surface area (Å²) in [6.45, 7) is 3.93. The van der Waals surface area contributed by atoms with Crippen molar-refractivity contribution in [3.8, 4) is 22.3 Å². The minimum atomic E-state index is -1.19. The van der Waals surface area contributed by atoms with Gasteiger partial charge in [0.2, 0.25) is 11.8 Å². The minimum absolute atomic E-state index is 0.165. The average Bonchev–Trinajstić information content (AvgIpc) is 3.35. The highest BCUT2D eigenvalue weighted by molar-refractivity contribution is 6.01. The summed E-state index contributed by atoms with van der Waals surface area (Å²) in [4.78, 5) is 42.2. The number of benzene rings is 4. The van der Waals surface area contributed by atoms with Crippen LogP contribution in [-0.2, 0) is 21.4 Å². The number of carboxylic acid groups (broad SMARTS) is 1. The van der Waals surface area contributed by atoms with E-state index in [-0.39, 0.29) is 5.91 Å². The quantitative estimate of drug-likeness (QED) is 0.243. The van der Waals surface area contributed by atoms with Gasteiger partial charge in [-0.15, -0.1) is 0 Å². The van der Waals surface area contributed by atoms with E-state index in [1.807, 2.05) is 89.8 Å². The number of carbonyl (C=O) groups excluding carboxylic acids is 2. The van der Waals surface area contributed by atoms with Gasteiger partial charge >= 0.3 is 5.97 Å². The predicted octanol–water partition coefficient (Wildman–Crippen LogP) is 5.36. The molecule has 0 bridgehead atoms. The van der Waals surface area contributed by atoms with Crippen LogP contribution in [0.1, 0.15) is 46.3 Å². The Labute approximate surface area is 257 Å². The van der Waals surface area contributed by atoms with E-state index in [9.17, 15) is 19.5 Å². The van der Waals surface area contributed by atoms with Crippen LogP contribution in [-0.4, -0.2) is 65.4 Å². The number of piperazine rings is 1. The third-order valence-corrected chi connectivity index (χ3v) is 9.21. The van der Waals surface area contributed by atoms with Crippen molar-refractivity contribution in [1.82, 2.24) is 9.80 Å². The van der Waals surface area contributed by atoms with Crippen LogP contribution in [0.4, 0.5) is 0 Å². The molecule has 1 aliphatic heterocycles. The SMILES string of the molecule is NC(=O)c1ccc(-c2cccc3c2C(CCCCN2CCN(C(=O)Cc4ccccc4)CC2)(C(=O)O)c2ccccc2-3)cc1. The highest BCUT2D eigenvalue weighted by atomic mass is 16.4. The molecule has 1 unspecified atom stereocenters. The number of fused-ring (bicyclic) bond motifs is 3. The molecule has 7 nitrogen and oxygen atoms in total. The molecule has 44 heavy (non-hydrogen) atoms. The smallest absolute Gasteiger partial charge is 0.318 e. The van der Waals surface area contributed by atoms with Gasteiger partial charge < -0.3 is 15.7 Å². The van der Waals surface area contributed by atoms with E-state index in [2.05, 4.69) is 4.90 Å². The molecule has 0 aromatic heterocycles. The van der Waals surface area contributed by atoms with Crippen molar-refractivity contribution in [3.05, 3.63) is 119 Å². The van der Waals surface area contributed by atoms with Crippen LogP contribution in [0.5, 0.6) is 0 Å². The maximum absolute atomic E-state index is 13.4. The normalized spacial score (nSPS) is 17.6. The molecule has 1 fully saturated rings. The molecule has 1 aliphatic carbocycles. The first-order chi connectivity index (χ1) is 21.4. The molecule has 0 saturated carbocycles. The van der Waals surface area contributed by atoms with Gasteiger partial charge in [-0.25, -0.2) is 0 Å². The Kier molecular flexibility index (Phi) is 8.31. The second-order valence-corrected chi connectivity index (χ2v) is 11.8. The highest BCUT2D eigenvalue weighted by Crippen LogP contribution is 2.54. The van der Waals surface area contributed by atoms with Gasteiger partial charge in [-0.3, -0.25) is 19.3 Å². The van der Waals surface area contributed by atoms with E-state index < -0.39 is 17.3 Å². The summed E-state index contributed by atoms with van der Waals surface area (Å²) in [5, 5.41) is 11.0. The van der Waals surface area contributed by atoms with E-state index >= 15 is 0 Å². The number of unbranched alkanes of at least 4 members (excludes halogenated alkanes) is 1. The second-order valence-electron chi connectivity index (χ2n) is 11.8. The number of carboxylic acids is 1. The summed E-state index contributed by atoms with van der Waals surface area (Å²) >= 11 is 0. The first kappa shape index (κ1) is 29.3. The Hall–Kier alpha value is -4.75. The molecular formula is C37H37N3O4. The van der Waals surface area contributed by atoms with Gasteiger partial charge in [-0.05, 0) is 70.5 Å². The Morgan fingerprint density at radius 3 is 2.09 bits per heavy atom.